The predicted molar refractivity (Wildman–Crippen MR) is 75.6 cm³/mol. The highest BCUT2D eigenvalue weighted by Crippen LogP contribution is 2.20. The molecule has 0 saturated heterocycles. The van der Waals surface area contributed by atoms with E-state index >= 15 is 0 Å². The van der Waals surface area contributed by atoms with Gasteiger partial charge in [-0.3, -0.25) is 4.79 Å². The summed E-state index contributed by atoms with van der Waals surface area (Å²) in [5.74, 6) is 1.71. The monoisotopic (exact) mass is 258 g/mol. The fourth-order valence-electron chi connectivity index (χ4n) is 1.79. The quantitative estimate of drug-likeness (QED) is 0.917. The molecule has 100 valence electrons. The molecular weight excluding hydrogens is 240 g/mol. The van der Waals surface area contributed by atoms with Crippen molar-refractivity contribution in [2.45, 2.75) is 26.7 Å². The zero-order valence-corrected chi connectivity index (χ0v) is 11.4. The van der Waals surface area contributed by atoms with Gasteiger partial charge in [-0.2, -0.15) is 0 Å². The van der Waals surface area contributed by atoms with Crippen molar-refractivity contribution in [3.8, 4) is 17.0 Å². The Hall–Kier alpha value is -2.10. The van der Waals surface area contributed by atoms with Gasteiger partial charge in [-0.05, 0) is 31.2 Å². The van der Waals surface area contributed by atoms with E-state index < -0.39 is 0 Å². The Morgan fingerprint density at radius 2 is 1.95 bits per heavy atom. The fourth-order valence-corrected chi connectivity index (χ4v) is 1.79. The zero-order chi connectivity index (χ0) is 13.8. The Balaban J connectivity index is 2.38. The Morgan fingerprint density at radius 3 is 2.53 bits per heavy atom. The van der Waals surface area contributed by atoms with Gasteiger partial charge < -0.3 is 9.72 Å². The number of rotatable bonds is 4. The lowest BCUT2D eigenvalue weighted by Gasteiger charge is -2.08. The van der Waals surface area contributed by atoms with Gasteiger partial charge >= 0.3 is 0 Å². The van der Waals surface area contributed by atoms with Crippen molar-refractivity contribution in [2.24, 2.45) is 0 Å². The molecular formula is C15H18N2O2. The highest BCUT2D eigenvalue weighted by molar-refractivity contribution is 5.59. The molecule has 0 spiro atoms. The Morgan fingerprint density at radius 1 is 1.26 bits per heavy atom. The Labute approximate surface area is 112 Å². The van der Waals surface area contributed by atoms with E-state index in [0.717, 1.165) is 11.3 Å². The lowest BCUT2D eigenvalue weighted by Crippen LogP contribution is -2.12. The van der Waals surface area contributed by atoms with Crippen molar-refractivity contribution in [2.75, 3.05) is 6.61 Å². The van der Waals surface area contributed by atoms with E-state index in [1.165, 1.54) is 6.07 Å². The van der Waals surface area contributed by atoms with Gasteiger partial charge in [0.15, 0.2) is 0 Å². The summed E-state index contributed by atoms with van der Waals surface area (Å²) in [6.07, 6.45) is 0. The SMILES string of the molecule is CCOc1ccc(-c2cc(=O)[nH]c(C(C)C)n2)cc1. The maximum Gasteiger partial charge on any atom is 0.251 e. The summed E-state index contributed by atoms with van der Waals surface area (Å²) in [7, 11) is 0. The zero-order valence-electron chi connectivity index (χ0n) is 11.4. The van der Waals surface area contributed by atoms with Crippen LogP contribution in [0, 0.1) is 0 Å². The molecule has 1 aromatic heterocycles. The van der Waals surface area contributed by atoms with Gasteiger partial charge in [0.05, 0.1) is 12.3 Å². The van der Waals surface area contributed by atoms with Crippen molar-refractivity contribution >= 4 is 0 Å². The smallest absolute Gasteiger partial charge is 0.251 e. The number of ether oxygens (including phenoxy) is 1. The van der Waals surface area contributed by atoms with Crippen molar-refractivity contribution in [1.29, 1.82) is 0 Å². The predicted octanol–water partition coefficient (Wildman–Crippen LogP) is 2.96. The highest BCUT2D eigenvalue weighted by atomic mass is 16.5. The number of nitrogens with zero attached hydrogens (tertiary/aromatic N) is 1. The summed E-state index contributed by atoms with van der Waals surface area (Å²) in [4.78, 5) is 18.9. The number of nitrogens with one attached hydrogen (secondary N) is 1. The van der Waals surface area contributed by atoms with E-state index in [9.17, 15) is 4.79 Å². The van der Waals surface area contributed by atoms with Crippen molar-refractivity contribution in [1.82, 2.24) is 9.97 Å². The maximum atomic E-state index is 11.6. The number of aromatic amines is 1. The summed E-state index contributed by atoms with van der Waals surface area (Å²) in [5, 5.41) is 0. The van der Waals surface area contributed by atoms with E-state index in [2.05, 4.69) is 9.97 Å². The third-order valence-corrected chi connectivity index (χ3v) is 2.77. The first-order valence-electron chi connectivity index (χ1n) is 6.44. The van der Waals surface area contributed by atoms with Crippen LogP contribution >= 0.6 is 0 Å². The normalized spacial score (nSPS) is 10.7. The van der Waals surface area contributed by atoms with Crippen LogP contribution in [0.5, 0.6) is 5.75 Å². The molecule has 1 aromatic carbocycles. The number of benzene rings is 1. The molecule has 0 radical (unpaired) electrons. The Bertz CT molecular complexity index is 600. The number of hydrogen-bond acceptors (Lipinski definition) is 3. The minimum Gasteiger partial charge on any atom is -0.494 e. The summed E-state index contributed by atoms with van der Waals surface area (Å²) >= 11 is 0. The molecule has 19 heavy (non-hydrogen) atoms. The number of hydrogen-bond donors (Lipinski definition) is 1. The van der Waals surface area contributed by atoms with E-state index in [-0.39, 0.29) is 11.5 Å². The number of aromatic nitrogens is 2. The lowest BCUT2D eigenvalue weighted by molar-refractivity contribution is 0.340. The summed E-state index contributed by atoms with van der Waals surface area (Å²) in [6, 6.07) is 9.11. The minimum atomic E-state index is -0.123. The van der Waals surface area contributed by atoms with E-state index in [0.29, 0.717) is 18.1 Å². The van der Waals surface area contributed by atoms with Gasteiger partial charge in [0.2, 0.25) is 0 Å². The average Bonchev–Trinajstić information content (AvgIpc) is 2.39. The molecule has 0 unspecified atom stereocenters. The summed E-state index contributed by atoms with van der Waals surface area (Å²) < 4.78 is 5.39. The Kier molecular flexibility index (Phi) is 4.00. The molecule has 0 bridgehead atoms. The van der Waals surface area contributed by atoms with Gasteiger partial charge in [-0.15, -0.1) is 0 Å². The first-order valence-corrected chi connectivity index (χ1v) is 6.44. The van der Waals surface area contributed by atoms with Gasteiger partial charge in [0.25, 0.3) is 5.56 Å². The van der Waals surface area contributed by atoms with Crippen LogP contribution in [-0.4, -0.2) is 16.6 Å². The number of H-pyrrole nitrogens is 1. The van der Waals surface area contributed by atoms with Gasteiger partial charge in [-0.25, -0.2) is 4.98 Å². The van der Waals surface area contributed by atoms with Gasteiger partial charge in [0.1, 0.15) is 11.6 Å². The fraction of sp³-hybridized carbons (Fsp3) is 0.333. The topological polar surface area (TPSA) is 55.0 Å². The molecule has 2 rings (SSSR count). The van der Waals surface area contributed by atoms with E-state index in [1.807, 2.05) is 45.0 Å². The molecule has 0 aliphatic rings. The minimum absolute atomic E-state index is 0.123. The van der Waals surface area contributed by atoms with E-state index in [4.69, 9.17) is 4.74 Å². The molecule has 1 heterocycles. The molecule has 0 fully saturated rings. The van der Waals surface area contributed by atoms with Crippen molar-refractivity contribution in [3.05, 3.63) is 46.5 Å². The third-order valence-electron chi connectivity index (χ3n) is 2.77. The molecule has 0 aliphatic carbocycles. The van der Waals surface area contributed by atoms with Crippen molar-refractivity contribution < 1.29 is 4.74 Å². The third kappa shape index (κ3) is 3.22. The first kappa shape index (κ1) is 13.3. The van der Waals surface area contributed by atoms with Crippen LogP contribution in [0.4, 0.5) is 0 Å². The molecule has 2 aromatic rings. The second-order valence-corrected chi connectivity index (χ2v) is 4.63. The molecule has 1 N–H and O–H groups in total. The van der Waals surface area contributed by atoms with Crippen LogP contribution in [0.15, 0.2) is 35.1 Å². The van der Waals surface area contributed by atoms with Gasteiger partial charge in [-0.1, -0.05) is 13.8 Å². The standard InChI is InChI=1S/C15H18N2O2/c1-4-19-12-7-5-11(6-8-12)13-9-14(18)17-15(16-13)10(2)3/h5-10H,4H2,1-3H3,(H,16,17,18). The first-order chi connectivity index (χ1) is 9.10. The van der Waals surface area contributed by atoms with Crippen molar-refractivity contribution in [3.63, 3.8) is 0 Å². The van der Waals surface area contributed by atoms with Crippen LogP contribution in [-0.2, 0) is 0 Å². The maximum absolute atomic E-state index is 11.6. The van der Waals surface area contributed by atoms with Crippen LogP contribution in [0.1, 0.15) is 32.5 Å². The molecule has 0 amide bonds. The average molecular weight is 258 g/mol. The van der Waals surface area contributed by atoms with Gasteiger partial charge in [0, 0.05) is 17.5 Å². The van der Waals surface area contributed by atoms with Crippen LogP contribution < -0.4 is 10.3 Å². The second kappa shape index (κ2) is 5.69. The van der Waals surface area contributed by atoms with E-state index in [1.54, 1.807) is 0 Å². The molecule has 0 aliphatic heterocycles. The highest BCUT2D eigenvalue weighted by Gasteiger charge is 2.07. The largest absolute Gasteiger partial charge is 0.494 e. The summed E-state index contributed by atoms with van der Waals surface area (Å²) in [6.45, 7) is 6.59. The lowest BCUT2D eigenvalue weighted by atomic mass is 10.1. The molecule has 4 nitrogen and oxygen atoms in total. The van der Waals surface area contributed by atoms with Crippen LogP contribution in [0.25, 0.3) is 11.3 Å². The van der Waals surface area contributed by atoms with Crippen LogP contribution in [0.2, 0.25) is 0 Å². The van der Waals surface area contributed by atoms with Crippen LogP contribution in [0.3, 0.4) is 0 Å². The summed E-state index contributed by atoms with van der Waals surface area (Å²) in [5.41, 5.74) is 1.48. The molecule has 0 saturated carbocycles. The second-order valence-electron chi connectivity index (χ2n) is 4.63. The molecule has 0 atom stereocenters. The molecule has 4 heteroatoms.